The standard InChI is InChI=1S/C13H13F2N3OS/c14-7-5-8(15)11-10(6-7)20-13(17-11)18-12(19)9-3-1-2-4-16-9/h5-6,9,16H,1-4H2,(H,17,18,19). The van der Waals surface area contributed by atoms with E-state index in [9.17, 15) is 13.6 Å². The number of thiazole rings is 1. The van der Waals surface area contributed by atoms with Crippen molar-refractivity contribution < 1.29 is 13.6 Å². The first-order chi connectivity index (χ1) is 9.63. The second-order valence-electron chi connectivity index (χ2n) is 4.75. The van der Waals surface area contributed by atoms with E-state index < -0.39 is 11.6 Å². The van der Waals surface area contributed by atoms with Crippen LogP contribution in [0.3, 0.4) is 0 Å². The minimum Gasteiger partial charge on any atom is -0.306 e. The molecule has 1 aliphatic rings. The Balaban J connectivity index is 1.80. The van der Waals surface area contributed by atoms with Crippen LogP contribution in [0.15, 0.2) is 12.1 Å². The number of rotatable bonds is 2. The van der Waals surface area contributed by atoms with E-state index in [-0.39, 0.29) is 17.5 Å². The van der Waals surface area contributed by atoms with Crippen LogP contribution in [0.25, 0.3) is 10.2 Å². The molecule has 0 spiro atoms. The fourth-order valence-electron chi connectivity index (χ4n) is 2.28. The topological polar surface area (TPSA) is 54.0 Å². The number of hydrogen-bond donors (Lipinski definition) is 2. The van der Waals surface area contributed by atoms with Gasteiger partial charge in [0.05, 0.1) is 10.7 Å². The summed E-state index contributed by atoms with van der Waals surface area (Å²) in [5, 5.41) is 6.08. The van der Waals surface area contributed by atoms with E-state index in [1.54, 1.807) is 0 Å². The van der Waals surface area contributed by atoms with Gasteiger partial charge in [-0.3, -0.25) is 4.79 Å². The van der Waals surface area contributed by atoms with Crippen LogP contribution >= 0.6 is 11.3 Å². The van der Waals surface area contributed by atoms with Gasteiger partial charge >= 0.3 is 0 Å². The van der Waals surface area contributed by atoms with Crippen LogP contribution in [0.1, 0.15) is 19.3 Å². The molecule has 0 aliphatic carbocycles. The van der Waals surface area contributed by atoms with E-state index in [0.29, 0.717) is 9.83 Å². The van der Waals surface area contributed by atoms with Gasteiger partial charge < -0.3 is 10.6 Å². The average molecular weight is 297 g/mol. The minimum absolute atomic E-state index is 0.0864. The van der Waals surface area contributed by atoms with Gasteiger partial charge in [0.25, 0.3) is 0 Å². The zero-order valence-corrected chi connectivity index (χ0v) is 11.4. The van der Waals surface area contributed by atoms with Crippen LogP contribution in [0.2, 0.25) is 0 Å². The number of amides is 1. The van der Waals surface area contributed by atoms with E-state index in [2.05, 4.69) is 15.6 Å². The van der Waals surface area contributed by atoms with Crippen molar-refractivity contribution in [2.24, 2.45) is 0 Å². The molecule has 1 aromatic carbocycles. The number of hydrogen-bond acceptors (Lipinski definition) is 4. The Morgan fingerprint density at radius 1 is 1.40 bits per heavy atom. The summed E-state index contributed by atoms with van der Waals surface area (Å²) in [6, 6.07) is 1.76. The molecule has 1 aliphatic heterocycles. The molecule has 1 unspecified atom stereocenters. The molecule has 1 amide bonds. The fourth-order valence-corrected chi connectivity index (χ4v) is 3.19. The Kier molecular flexibility index (Phi) is 3.62. The number of fused-ring (bicyclic) bond motifs is 1. The zero-order chi connectivity index (χ0) is 14.1. The number of nitrogens with zero attached hydrogens (tertiary/aromatic N) is 1. The number of halogens is 2. The highest BCUT2D eigenvalue weighted by Crippen LogP contribution is 2.28. The molecule has 1 aromatic heterocycles. The predicted molar refractivity (Wildman–Crippen MR) is 73.8 cm³/mol. The molecule has 4 nitrogen and oxygen atoms in total. The van der Waals surface area contributed by atoms with Gasteiger partial charge in [-0.15, -0.1) is 0 Å². The molecule has 0 saturated carbocycles. The summed E-state index contributed by atoms with van der Waals surface area (Å²) < 4.78 is 27.0. The third-order valence-corrected chi connectivity index (χ3v) is 4.19. The van der Waals surface area contributed by atoms with Gasteiger partial charge in [-0.25, -0.2) is 13.8 Å². The zero-order valence-electron chi connectivity index (χ0n) is 10.6. The summed E-state index contributed by atoms with van der Waals surface area (Å²) in [5.41, 5.74) is 0.0864. The van der Waals surface area contributed by atoms with Gasteiger partial charge in [-0.05, 0) is 25.5 Å². The number of nitrogens with one attached hydrogen (secondary N) is 2. The van der Waals surface area contributed by atoms with Crippen molar-refractivity contribution in [1.29, 1.82) is 0 Å². The number of aromatic nitrogens is 1. The van der Waals surface area contributed by atoms with Gasteiger partial charge in [0.1, 0.15) is 11.3 Å². The number of carbonyl (C=O) groups is 1. The highest BCUT2D eigenvalue weighted by atomic mass is 32.1. The molecule has 1 saturated heterocycles. The summed E-state index contributed by atoms with van der Waals surface area (Å²) >= 11 is 1.07. The fraction of sp³-hybridized carbons (Fsp3) is 0.385. The summed E-state index contributed by atoms with van der Waals surface area (Å²) in [7, 11) is 0. The molecule has 2 aromatic rings. The van der Waals surface area contributed by atoms with E-state index >= 15 is 0 Å². The molecule has 0 radical (unpaired) electrons. The van der Waals surface area contributed by atoms with Crippen molar-refractivity contribution in [2.75, 3.05) is 11.9 Å². The minimum atomic E-state index is -0.715. The van der Waals surface area contributed by atoms with Crippen LogP contribution < -0.4 is 10.6 Å². The lowest BCUT2D eigenvalue weighted by Gasteiger charge is -2.21. The van der Waals surface area contributed by atoms with Crippen molar-refractivity contribution in [3.8, 4) is 0 Å². The summed E-state index contributed by atoms with van der Waals surface area (Å²) in [4.78, 5) is 16.0. The van der Waals surface area contributed by atoms with Crippen molar-refractivity contribution in [1.82, 2.24) is 10.3 Å². The largest absolute Gasteiger partial charge is 0.306 e. The number of benzene rings is 1. The Morgan fingerprint density at radius 2 is 2.25 bits per heavy atom. The van der Waals surface area contributed by atoms with Crippen LogP contribution in [0.4, 0.5) is 13.9 Å². The molecular formula is C13H13F2N3OS. The van der Waals surface area contributed by atoms with Crippen LogP contribution in [0.5, 0.6) is 0 Å². The Bertz CT molecular complexity index is 652. The molecule has 7 heteroatoms. The summed E-state index contributed by atoms with van der Waals surface area (Å²) in [6.07, 6.45) is 2.85. The summed E-state index contributed by atoms with van der Waals surface area (Å²) in [6.45, 7) is 0.817. The van der Waals surface area contributed by atoms with E-state index in [0.717, 1.165) is 43.2 Å². The number of piperidine rings is 1. The molecule has 0 bridgehead atoms. The first kappa shape index (κ1) is 13.4. The second kappa shape index (κ2) is 5.41. The molecule has 2 heterocycles. The predicted octanol–water partition coefficient (Wildman–Crippen LogP) is 2.66. The summed E-state index contributed by atoms with van der Waals surface area (Å²) in [5.74, 6) is -1.54. The second-order valence-corrected chi connectivity index (χ2v) is 5.78. The van der Waals surface area contributed by atoms with Gasteiger partial charge in [0, 0.05) is 6.07 Å². The smallest absolute Gasteiger partial charge is 0.243 e. The lowest BCUT2D eigenvalue weighted by atomic mass is 10.0. The maximum atomic E-state index is 13.5. The maximum Gasteiger partial charge on any atom is 0.243 e. The SMILES string of the molecule is O=C(Nc1nc2c(F)cc(F)cc2s1)C1CCCCN1. The first-order valence-electron chi connectivity index (χ1n) is 6.43. The van der Waals surface area contributed by atoms with Gasteiger partial charge in [-0.2, -0.15) is 0 Å². The van der Waals surface area contributed by atoms with Crippen LogP contribution in [-0.2, 0) is 4.79 Å². The maximum absolute atomic E-state index is 13.5. The van der Waals surface area contributed by atoms with Gasteiger partial charge in [0.15, 0.2) is 10.9 Å². The highest BCUT2D eigenvalue weighted by Gasteiger charge is 2.21. The molecule has 2 N–H and O–H groups in total. The van der Waals surface area contributed by atoms with Gasteiger partial charge in [-0.1, -0.05) is 17.8 Å². The first-order valence-corrected chi connectivity index (χ1v) is 7.25. The third kappa shape index (κ3) is 2.64. The van der Waals surface area contributed by atoms with Crippen molar-refractivity contribution in [3.63, 3.8) is 0 Å². The van der Waals surface area contributed by atoms with Crippen molar-refractivity contribution >= 4 is 32.6 Å². The molecular weight excluding hydrogens is 284 g/mol. The lowest BCUT2D eigenvalue weighted by Crippen LogP contribution is -2.43. The molecule has 3 rings (SSSR count). The van der Waals surface area contributed by atoms with Crippen LogP contribution in [0, 0.1) is 11.6 Å². The number of anilines is 1. The molecule has 1 fully saturated rings. The lowest BCUT2D eigenvalue weighted by molar-refractivity contribution is -0.118. The van der Waals surface area contributed by atoms with E-state index in [4.69, 9.17) is 0 Å². The Labute approximate surface area is 118 Å². The van der Waals surface area contributed by atoms with Crippen molar-refractivity contribution in [3.05, 3.63) is 23.8 Å². The Morgan fingerprint density at radius 3 is 3.00 bits per heavy atom. The average Bonchev–Trinajstić information content (AvgIpc) is 2.82. The van der Waals surface area contributed by atoms with E-state index in [1.807, 2.05) is 0 Å². The van der Waals surface area contributed by atoms with E-state index in [1.165, 1.54) is 6.07 Å². The molecule has 106 valence electrons. The quantitative estimate of drug-likeness (QED) is 0.896. The highest BCUT2D eigenvalue weighted by molar-refractivity contribution is 7.22. The normalized spacial score (nSPS) is 19.2. The third-order valence-electron chi connectivity index (χ3n) is 3.27. The molecule has 20 heavy (non-hydrogen) atoms. The molecule has 1 atom stereocenters. The van der Waals surface area contributed by atoms with Crippen molar-refractivity contribution in [2.45, 2.75) is 25.3 Å². The Hall–Kier alpha value is -1.60. The van der Waals surface area contributed by atoms with Gasteiger partial charge in [0.2, 0.25) is 5.91 Å². The van der Waals surface area contributed by atoms with Crippen LogP contribution in [-0.4, -0.2) is 23.5 Å². The number of carbonyl (C=O) groups excluding carboxylic acids is 1. The monoisotopic (exact) mass is 297 g/mol.